The quantitative estimate of drug-likeness (QED) is 0.918. The highest BCUT2D eigenvalue weighted by atomic mass is 16.2. The van der Waals surface area contributed by atoms with Crippen LogP contribution in [0.4, 0.5) is 0 Å². The lowest BCUT2D eigenvalue weighted by atomic mass is 9.86. The Morgan fingerprint density at radius 1 is 1.20 bits per heavy atom. The van der Waals surface area contributed by atoms with E-state index in [9.17, 15) is 4.79 Å². The van der Waals surface area contributed by atoms with Gasteiger partial charge in [-0.05, 0) is 22.5 Å². The van der Waals surface area contributed by atoms with Crippen LogP contribution in [0.3, 0.4) is 0 Å². The number of carbonyl (C=O) groups is 1. The number of rotatable bonds is 4. The molecule has 0 fully saturated rings. The molecule has 0 aliphatic heterocycles. The van der Waals surface area contributed by atoms with E-state index >= 15 is 0 Å². The molecule has 1 rings (SSSR count). The summed E-state index contributed by atoms with van der Waals surface area (Å²) in [5, 5.41) is 0. The standard InChI is InChI=1S/C17H28N2O/c1-12(2)14-9-7-13(8-10-14)11-19(6)16(20)15(18)17(3,4)5/h7-10,12,15H,11,18H2,1-6H3/t15-/m0/s1. The van der Waals surface area contributed by atoms with Crippen LogP contribution < -0.4 is 5.73 Å². The van der Waals surface area contributed by atoms with Crippen LogP contribution >= 0.6 is 0 Å². The monoisotopic (exact) mass is 276 g/mol. The molecule has 0 aromatic heterocycles. The fraction of sp³-hybridized carbons (Fsp3) is 0.588. The summed E-state index contributed by atoms with van der Waals surface area (Å²) in [5.41, 5.74) is 8.25. The van der Waals surface area contributed by atoms with Crippen LogP contribution in [0, 0.1) is 5.41 Å². The maximum Gasteiger partial charge on any atom is 0.240 e. The van der Waals surface area contributed by atoms with Crippen molar-refractivity contribution in [2.24, 2.45) is 11.1 Å². The molecule has 1 amide bonds. The molecule has 0 spiro atoms. The van der Waals surface area contributed by atoms with E-state index in [2.05, 4.69) is 38.1 Å². The Morgan fingerprint density at radius 2 is 1.70 bits per heavy atom. The van der Waals surface area contributed by atoms with Gasteiger partial charge in [0.2, 0.25) is 5.91 Å². The Morgan fingerprint density at radius 3 is 2.10 bits per heavy atom. The van der Waals surface area contributed by atoms with E-state index in [-0.39, 0.29) is 11.3 Å². The Kier molecular flexibility index (Phi) is 5.35. The van der Waals surface area contributed by atoms with Gasteiger partial charge in [0.25, 0.3) is 0 Å². The first-order valence-electron chi connectivity index (χ1n) is 7.22. The second-order valence-corrected chi connectivity index (χ2v) is 6.93. The van der Waals surface area contributed by atoms with Crippen LogP contribution in [-0.2, 0) is 11.3 Å². The third-order valence-electron chi connectivity index (χ3n) is 3.64. The highest BCUT2D eigenvalue weighted by Gasteiger charge is 2.29. The molecular weight excluding hydrogens is 248 g/mol. The normalized spacial score (nSPS) is 13.4. The highest BCUT2D eigenvalue weighted by Crippen LogP contribution is 2.20. The van der Waals surface area contributed by atoms with Crippen molar-refractivity contribution < 1.29 is 4.79 Å². The van der Waals surface area contributed by atoms with Gasteiger partial charge in [-0.3, -0.25) is 4.79 Å². The van der Waals surface area contributed by atoms with Crippen molar-refractivity contribution in [3.63, 3.8) is 0 Å². The van der Waals surface area contributed by atoms with Gasteiger partial charge in [0.15, 0.2) is 0 Å². The van der Waals surface area contributed by atoms with Crippen molar-refractivity contribution in [3.05, 3.63) is 35.4 Å². The van der Waals surface area contributed by atoms with Crippen LogP contribution in [0.1, 0.15) is 51.7 Å². The van der Waals surface area contributed by atoms with Crippen molar-refractivity contribution in [2.45, 2.75) is 53.1 Å². The number of carbonyl (C=O) groups excluding carboxylic acids is 1. The van der Waals surface area contributed by atoms with Crippen LogP contribution in [0.5, 0.6) is 0 Å². The third kappa shape index (κ3) is 4.34. The van der Waals surface area contributed by atoms with Crippen molar-refractivity contribution in [2.75, 3.05) is 7.05 Å². The second-order valence-electron chi connectivity index (χ2n) is 6.93. The SMILES string of the molecule is CC(C)c1ccc(CN(C)C(=O)[C@H](N)C(C)(C)C)cc1. The summed E-state index contributed by atoms with van der Waals surface area (Å²) in [5.74, 6) is 0.517. The van der Waals surface area contributed by atoms with Crippen LogP contribution in [0.2, 0.25) is 0 Å². The molecule has 20 heavy (non-hydrogen) atoms. The Hall–Kier alpha value is -1.35. The summed E-state index contributed by atoms with van der Waals surface area (Å²) in [4.78, 5) is 14.0. The molecule has 3 heteroatoms. The van der Waals surface area contributed by atoms with E-state index in [1.807, 2.05) is 27.8 Å². The zero-order valence-corrected chi connectivity index (χ0v) is 13.6. The summed E-state index contributed by atoms with van der Waals surface area (Å²) in [6.07, 6.45) is 0. The van der Waals surface area contributed by atoms with Gasteiger partial charge in [0.1, 0.15) is 0 Å². The number of nitrogens with zero attached hydrogens (tertiary/aromatic N) is 1. The number of hydrogen-bond acceptors (Lipinski definition) is 2. The van der Waals surface area contributed by atoms with E-state index in [1.165, 1.54) is 5.56 Å². The lowest BCUT2D eigenvalue weighted by Crippen LogP contribution is -2.48. The fourth-order valence-electron chi connectivity index (χ4n) is 1.97. The molecule has 0 aliphatic rings. The first-order valence-corrected chi connectivity index (χ1v) is 7.22. The summed E-state index contributed by atoms with van der Waals surface area (Å²) >= 11 is 0. The molecule has 1 aromatic carbocycles. The zero-order chi connectivity index (χ0) is 15.5. The van der Waals surface area contributed by atoms with Crippen molar-refractivity contribution in [1.82, 2.24) is 4.90 Å². The number of benzene rings is 1. The van der Waals surface area contributed by atoms with Gasteiger partial charge in [-0.15, -0.1) is 0 Å². The highest BCUT2D eigenvalue weighted by molar-refractivity contribution is 5.82. The number of nitrogens with two attached hydrogens (primary N) is 1. The van der Waals surface area contributed by atoms with Crippen molar-refractivity contribution in [1.29, 1.82) is 0 Å². The van der Waals surface area contributed by atoms with Gasteiger partial charge in [-0.1, -0.05) is 58.9 Å². The van der Waals surface area contributed by atoms with Gasteiger partial charge >= 0.3 is 0 Å². The average Bonchev–Trinajstić information content (AvgIpc) is 2.36. The maximum absolute atomic E-state index is 12.3. The number of amides is 1. The number of likely N-dealkylation sites (N-methyl/N-ethyl adjacent to an activating group) is 1. The molecular formula is C17H28N2O. The first kappa shape index (κ1) is 16.7. The Bertz CT molecular complexity index is 443. The summed E-state index contributed by atoms with van der Waals surface area (Å²) in [7, 11) is 1.81. The largest absolute Gasteiger partial charge is 0.340 e. The Labute approximate surface area is 123 Å². The first-order chi connectivity index (χ1) is 9.12. The van der Waals surface area contributed by atoms with E-state index < -0.39 is 6.04 Å². The van der Waals surface area contributed by atoms with Crippen LogP contribution in [0.25, 0.3) is 0 Å². The van der Waals surface area contributed by atoms with Crippen LogP contribution in [-0.4, -0.2) is 23.9 Å². The smallest absolute Gasteiger partial charge is 0.240 e. The second kappa shape index (κ2) is 6.40. The van der Waals surface area contributed by atoms with Gasteiger partial charge in [-0.2, -0.15) is 0 Å². The lowest BCUT2D eigenvalue weighted by Gasteiger charge is -2.30. The third-order valence-corrected chi connectivity index (χ3v) is 3.64. The summed E-state index contributed by atoms with van der Waals surface area (Å²) in [6, 6.07) is 7.95. The van der Waals surface area contributed by atoms with E-state index in [4.69, 9.17) is 5.73 Å². The predicted molar refractivity (Wildman–Crippen MR) is 84.4 cm³/mol. The molecule has 0 saturated carbocycles. The lowest BCUT2D eigenvalue weighted by molar-refractivity contribution is -0.134. The summed E-state index contributed by atoms with van der Waals surface area (Å²) < 4.78 is 0. The average molecular weight is 276 g/mol. The topological polar surface area (TPSA) is 46.3 Å². The van der Waals surface area contributed by atoms with Gasteiger partial charge in [-0.25, -0.2) is 0 Å². The molecule has 2 N–H and O–H groups in total. The van der Waals surface area contributed by atoms with E-state index in [1.54, 1.807) is 4.90 Å². The van der Waals surface area contributed by atoms with Crippen LogP contribution in [0.15, 0.2) is 24.3 Å². The molecule has 1 aromatic rings. The van der Waals surface area contributed by atoms with Gasteiger partial charge in [0.05, 0.1) is 6.04 Å². The maximum atomic E-state index is 12.3. The van der Waals surface area contributed by atoms with Gasteiger partial charge in [0, 0.05) is 13.6 Å². The molecule has 0 saturated heterocycles. The minimum atomic E-state index is -0.470. The van der Waals surface area contributed by atoms with E-state index in [0.29, 0.717) is 12.5 Å². The zero-order valence-electron chi connectivity index (χ0n) is 13.6. The van der Waals surface area contributed by atoms with E-state index in [0.717, 1.165) is 5.56 Å². The molecule has 0 radical (unpaired) electrons. The summed E-state index contributed by atoms with van der Waals surface area (Å²) in [6.45, 7) is 10.9. The molecule has 1 atom stereocenters. The fourth-order valence-corrected chi connectivity index (χ4v) is 1.97. The molecule has 0 heterocycles. The van der Waals surface area contributed by atoms with Gasteiger partial charge < -0.3 is 10.6 Å². The molecule has 0 aliphatic carbocycles. The number of hydrogen-bond donors (Lipinski definition) is 1. The van der Waals surface area contributed by atoms with Crippen molar-refractivity contribution in [3.8, 4) is 0 Å². The predicted octanol–water partition coefficient (Wildman–Crippen LogP) is 3.14. The minimum Gasteiger partial charge on any atom is -0.340 e. The molecule has 0 bridgehead atoms. The van der Waals surface area contributed by atoms with Crippen molar-refractivity contribution >= 4 is 5.91 Å². The molecule has 0 unspecified atom stereocenters. The minimum absolute atomic E-state index is 0.00886. The molecule has 3 nitrogen and oxygen atoms in total. The Balaban J connectivity index is 2.71. The molecule has 112 valence electrons.